The van der Waals surface area contributed by atoms with Gasteiger partial charge in [-0.15, -0.1) is 11.3 Å². The van der Waals surface area contributed by atoms with Crippen LogP contribution in [0.1, 0.15) is 64.8 Å². The van der Waals surface area contributed by atoms with Crippen molar-refractivity contribution < 1.29 is 18.0 Å². The number of aromatic nitrogens is 3. The number of carbonyl (C=O) groups excluding carboxylic acids is 1. The van der Waals surface area contributed by atoms with E-state index in [9.17, 15) is 23.2 Å². The minimum absolute atomic E-state index is 0.0805. The monoisotopic (exact) mass is 537 g/mol. The quantitative estimate of drug-likeness (QED) is 0.303. The molecule has 3 aromatic heterocycles. The third-order valence-corrected chi connectivity index (χ3v) is 8.35. The molecular weight excluding hydrogens is 511 g/mol. The number of carbonyl (C=O) groups is 1. The largest absolute Gasteiger partial charge is 0.433 e. The summed E-state index contributed by atoms with van der Waals surface area (Å²) in [7, 11) is 0. The first-order valence-electron chi connectivity index (χ1n) is 12.3. The minimum atomic E-state index is -4.72. The second kappa shape index (κ2) is 9.24. The molecule has 0 radical (unpaired) electrons. The van der Waals surface area contributed by atoms with Crippen LogP contribution < -0.4 is 5.32 Å². The maximum atomic E-state index is 14.0. The molecule has 5 rings (SSSR count). The van der Waals surface area contributed by atoms with Gasteiger partial charge in [0.1, 0.15) is 16.6 Å². The van der Waals surface area contributed by atoms with Crippen molar-refractivity contribution in [2.75, 3.05) is 5.32 Å². The van der Waals surface area contributed by atoms with E-state index in [4.69, 9.17) is 0 Å². The summed E-state index contributed by atoms with van der Waals surface area (Å²) in [6, 6.07) is 10.1. The van der Waals surface area contributed by atoms with Crippen molar-refractivity contribution in [3.8, 4) is 17.3 Å². The van der Waals surface area contributed by atoms with Crippen LogP contribution in [0.2, 0.25) is 0 Å². The van der Waals surface area contributed by atoms with Gasteiger partial charge in [0.15, 0.2) is 11.3 Å². The number of nitrogens with zero attached hydrogens (tertiary/aromatic N) is 4. The lowest BCUT2D eigenvalue weighted by Crippen LogP contribution is -2.26. The number of thiophene rings is 1. The van der Waals surface area contributed by atoms with E-state index in [2.05, 4.69) is 42.2 Å². The maximum Gasteiger partial charge on any atom is 0.433 e. The molecule has 1 atom stereocenters. The van der Waals surface area contributed by atoms with Crippen LogP contribution in [-0.2, 0) is 19.0 Å². The van der Waals surface area contributed by atoms with Crippen molar-refractivity contribution in [2.24, 2.45) is 11.3 Å². The molecule has 0 saturated carbocycles. The zero-order valence-corrected chi connectivity index (χ0v) is 22.2. The third-order valence-electron chi connectivity index (χ3n) is 7.18. The molecular formula is C28H26F3N5OS. The van der Waals surface area contributed by atoms with Crippen molar-refractivity contribution in [2.45, 2.75) is 53.1 Å². The number of halogens is 3. The van der Waals surface area contributed by atoms with Gasteiger partial charge in [-0.1, -0.05) is 50.6 Å². The van der Waals surface area contributed by atoms with Crippen molar-refractivity contribution in [3.63, 3.8) is 0 Å². The van der Waals surface area contributed by atoms with E-state index in [1.165, 1.54) is 11.3 Å². The zero-order valence-electron chi connectivity index (χ0n) is 21.4. The van der Waals surface area contributed by atoms with Gasteiger partial charge in [0.25, 0.3) is 5.91 Å². The predicted molar refractivity (Wildman–Crippen MR) is 140 cm³/mol. The Morgan fingerprint density at radius 3 is 2.55 bits per heavy atom. The molecule has 0 saturated heterocycles. The van der Waals surface area contributed by atoms with E-state index >= 15 is 0 Å². The summed E-state index contributed by atoms with van der Waals surface area (Å²) >= 11 is 1.36. The summed E-state index contributed by atoms with van der Waals surface area (Å²) in [5.41, 5.74) is 1.67. The van der Waals surface area contributed by atoms with Gasteiger partial charge in [-0.2, -0.15) is 23.5 Å². The Bertz CT molecular complexity index is 1590. The zero-order chi connectivity index (χ0) is 27.4. The average molecular weight is 538 g/mol. The number of rotatable bonds is 3. The fraction of sp³-hybridized carbons (Fsp3) is 0.357. The van der Waals surface area contributed by atoms with Crippen LogP contribution in [-0.4, -0.2) is 20.5 Å². The lowest BCUT2D eigenvalue weighted by atomic mass is 9.72. The van der Waals surface area contributed by atoms with Gasteiger partial charge in [-0.25, -0.2) is 9.50 Å². The molecule has 1 aliphatic carbocycles. The van der Waals surface area contributed by atoms with E-state index in [0.29, 0.717) is 26.6 Å². The molecule has 1 aliphatic rings. The molecule has 4 aromatic rings. The van der Waals surface area contributed by atoms with Crippen LogP contribution in [0.25, 0.3) is 16.9 Å². The van der Waals surface area contributed by atoms with E-state index in [1.54, 1.807) is 24.3 Å². The first-order chi connectivity index (χ1) is 17.9. The highest BCUT2D eigenvalue weighted by atomic mass is 32.1. The van der Waals surface area contributed by atoms with Crippen LogP contribution in [0.15, 0.2) is 36.5 Å². The first-order valence-corrected chi connectivity index (χ1v) is 13.1. The molecule has 1 N–H and O–H groups in total. The van der Waals surface area contributed by atoms with Crippen LogP contribution in [0.4, 0.5) is 18.2 Å². The number of amides is 1. The van der Waals surface area contributed by atoms with Gasteiger partial charge in [0.2, 0.25) is 0 Å². The maximum absolute atomic E-state index is 14.0. The van der Waals surface area contributed by atoms with Crippen LogP contribution in [0.5, 0.6) is 0 Å². The molecule has 1 aromatic carbocycles. The number of nitriles is 1. The minimum Gasteiger partial charge on any atom is -0.312 e. The van der Waals surface area contributed by atoms with E-state index < -0.39 is 17.8 Å². The van der Waals surface area contributed by atoms with Gasteiger partial charge in [-0.3, -0.25) is 4.79 Å². The van der Waals surface area contributed by atoms with Gasteiger partial charge < -0.3 is 5.32 Å². The number of fused-ring (bicyclic) bond motifs is 2. The summed E-state index contributed by atoms with van der Waals surface area (Å²) < 4.78 is 42.5. The van der Waals surface area contributed by atoms with Gasteiger partial charge >= 0.3 is 6.18 Å². The Kier molecular flexibility index (Phi) is 6.30. The number of anilines is 1. The predicted octanol–water partition coefficient (Wildman–Crippen LogP) is 7.06. The molecule has 10 heteroatoms. The molecule has 6 nitrogen and oxygen atoms in total. The van der Waals surface area contributed by atoms with Gasteiger partial charge in [0, 0.05) is 10.4 Å². The lowest BCUT2D eigenvalue weighted by molar-refractivity contribution is -0.142. The molecule has 0 fully saturated rings. The fourth-order valence-electron chi connectivity index (χ4n) is 4.90. The van der Waals surface area contributed by atoms with Crippen LogP contribution in [0, 0.1) is 29.6 Å². The van der Waals surface area contributed by atoms with Crippen molar-refractivity contribution in [1.29, 1.82) is 5.26 Å². The normalized spacial score (nSPS) is 15.8. The fourth-order valence-corrected chi connectivity index (χ4v) is 6.17. The van der Waals surface area contributed by atoms with E-state index in [1.807, 2.05) is 6.92 Å². The standard InChI is InChI=1S/C28H26F3N5OS/c1-15-5-7-16(8-6-15)21-12-23(28(29,30)31)36-24(34-21)20(14-33-36)25(37)35-26-19(13-32)18-10-9-17(27(2,3)4)11-22(18)38-26/h5-8,12,14,17H,9-11H2,1-4H3,(H,35,37)/t17-/m0/s1. The van der Waals surface area contributed by atoms with Crippen LogP contribution >= 0.6 is 11.3 Å². The van der Waals surface area contributed by atoms with E-state index in [0.717, 1.165) is 47.5 Å². The van der Waals surface area contributed by atoms with Crippen molar-refractivity contribution in [1.82, 2.24) is 14.6 Å². The highest BCUT2D eigenvalue weighted by Crippen LogP contribution is 2.44. The summed E-state index contributed by atoms with van der Waals surface area (Å²) in [6.07, 6.45) is -1.11. The summed E-state index contributed by atoms with van der Waals surface area (Å²) in [4.78, 5) is 18.8. The molecule has 38 heavy (non-hydrogen) atoms. The summed E-state index contributed by atoms with van der Waals surface area (Å²) in [5, 5.41) is 16.9. The summed E-state index contributed by atoms with van der Waals surface area (Å²) in [5.74, 6) is -0.210. The number of hydrogen-bond donors (Lipinski definition) is 1. The van der Waals surface area contributed by atoms with Gasteiger partial charge in [0.05, 0.1) is 17.5 Å². The highest BCUT2D eigenvalue weighted by Gasteiger charge is 2.36. The number of nitrogens with one attached hydrogen (secondary N) is 1. The smallest absolute Gasteiger partial charge is 0.312 e. The molecule has 0 unspecified atom stereocenters. The number of hydrogen-bond acceptors (Lipinski definition) is 5. The Morgan fingerprint density at radius 1 is 1.21 bits per heavy atom. The Hall–Kier alpha value is -3.71. The highest BCUT2D eigenvalue weighted by molar-refractivity contribution is 7.16. The molecule has 1 amide bonds. The molecule has 196 valence electrons. The van der Waals surface area contributed by atoms with Gasteiger partial charge in [-0.05, 0) is 49.1 Å². The molecule has 0 spiro atoms. The molecule has 0 bridgehead atoms. The topological polar surface area (TPSA) is 83.1 Å². The Balaban J connectivity index is 1.54. The summed E-state index contributed by atoms with van der Waals surface area (Å²) in [6.45, 7) is 8.47. The average Bonchev–Trinajstić information content (AvgIpc) is 3.43. The van der Waals surface area contributed by atoms with E-state index in [-0.39, 0.29) is 22.3 Å². The molecule has 3 heterocycles. The van der Waals surface area contributed by atoms with Crippen LogP contribution in [0.3, 0.4) is 0 Å². The van der Waals surface area contributed by atoms with Crippen molar-refractivity contribution in [3.05, 3.63) is 69.4 Å². The number of alkyl halides is 3. The number of benzene rings is 1. The Labute approximate surface area is 222 Å². The van der Waals surface area contributed by atoms with Crippen molar-refractivity contribution >= 4 is 27.9 Å². The SMILES string of the molecule is Cc1ccc(-c2cc(C(F)(F)F)n3ncc(C(=O)Nc4sc5c(c4C#N)CC[C@H](C(C)(C)C)C5)c3n2)cc1. The second-order valence-corrected chi connectivity index (χ2v) is 11.9. The second-order valence-electron chi connectivity index (χ2n) is 10.8. The number of aryl methyl sites for hydroxylation is 1. The third kappa shape index (κ3) is 4.67. The molecule has 0 aliphatic heterocycles. The Morgan fingerprint density at radius 2 is 1.92 bits per heavy atom. The lowest BCUT2D eigenvalue weighted by Gasteiger charge is -2.33. The first kappa shape index (κ1) is 25.9.